The summed E-state index contributed by atoms with van der Waals surface area (Å²) in [5.41, 5.74) is 4.33. The molecule has 4 aromatic rings. The largest absolute Gasteiger partial charge is 0.489 e. The van der Waals surface area contributed by atoms with Gasteiger partial charge in [0.1, 0.15) is 17.9 Å². The zero-order valence-electron chi connectivity index (χ0n) is 15.4. The van der Waals surface area contributed by atoms with E-state index >= 15 is 0 Å². The van der Waals surface area contributed by atoms with Crippen LogP contribution in [0.25, 0.3) is 21.7 Å². The minimum atomic E-state index is 0.488. The van der Waals surface area contributed by atoms with E-state index in [1.54, 1.807) is 11.3 Å². The predicted molar refractivity (Wildman–Crippen MR) is 114 cm³/mol. The Hall–Kier alpha value is -2.30. The highest BCUT2D eigenvalue weighted by molar-refractivity contribution is 7.15. The number of hydrogen-bond acceptors (Lipinski definition) is 4. The molecule has 0 saturated carbocycles. The second-order valence-electron chi connectivity index (χ2n) is 7.10. The number of aryl methyl sites for hydroxylation is 2. The van der Waals surface area contributed by atoms with Gasteiger partial charge in [-0.1, -0.05) is 24.3 Å². The van der Waals surface area contributed by atoms with Crippen LogP contribution in [0.3, 0.4) is 0 Å². The molecule has 0 saturated heterocycles. The SMILES string of the molecule is ClCc1ccccc1COc1ccc2oc(-c3nc4c(s3)CCCC4)cc2c1. The number of aromatic nitrogens is 1. The summed E-state index contributed by atoms with van der Waals surface area (Å²) in [6.07, 6.45) is 4.75. The maximum atomic E-state index is 6.06. The van der Waals surface area contributed by atoms with Crippen LogP contribution in [0.4, 0.5) is 0 Å². The number of benzene rings is 2. The number of fused-ring (bicyclic) bond motifs is 2. The zero-order valence-corrected chi connectivity index (χ0v) is 17.0. The van der Waals surface area contributed by atoms with Gasteiger partial charge in [0.2, 0.25) is 0 Å². The number of hydrogen-bond donors (Lipinski definition) is 0. The second-order valence-corrected chi connectivity index (χ2v) is 8.45. The third-order valence-electron chi connectivity index (χ3n) is 5.20. The quantitative estimate of drug-likeness (QED) is 0.342. The Balaban J connectivity index is 1.38. The Morgan fingerprint density at radius 1 is 1.04 bits per heavy atom. The van der Waals surface area contributed by atoms with Crippen molar-refractivity contribution >= 4 is 33.9 Å². The van der Waals surface area contributed by atoms with Crippen molar-refractivity contribution in [2.45, 2.75) is 38.2 Å². The molecule has 0 amide bonds. The number of rotatable bonds is 5. The van der Waals surface area contributed by atoms with Crippen LogP contribution >= 0.6 is 22.9 Å². The van der Waals surface area contributed by atoms with E-state index in [0.29, 0.717) is 12.5 Å². The molecule has 0 radical (unpaired) electrons. The van der Waals surface area contributed by atoms with E-state index in [1.165, 1.54) is 23.4 Å². The van der Waals surface area contributed by atoms with Crippen LogP contribution in [-0.4, -0.2) is 4.98 Å². The van der Waals surface area contributed by atoms with Crippen molar-refractivity contribution in [2.75, 3.05) is 0 Å². The molecule has 3 nitrogen and oxygen atoms in total. The first-order valence-electron chi connectivity index (χ1n) is 9.58. The molecule has 142 valence electrons. The van der Waals surface area contributed by atoms with E-state index in [4.69, 9.17) is 25.7 Å². The minimum absolute atomic E-state index is 0.488. The average molecular weight is 410 g/mol. The molecule has 5 rings (SSSR count). The van der Waals surface area contributed by atoms with Crippen LogP contribution in [0.2, 0.25) is 0 Å². The van der Waals surface area contributed by atoms with E-state index in [2.05, 4.69) is 12.1 Å². The highest BCUT2D eigenvalue weighted by atomic mass is 35.5. The van der Waals surface area contributed by atoms with Gasteiger partial charge in [-0.05, 0) is 61.1 Å². The number of nitrogens with zero attached hydrogens (tertiary/aromatic N) is 1. The lowest BCUT2D eigenvalue weighted by Crippen LogP contribution is -1.98. The Morgan fingerprint density at radius 2 is 1.89 bits per heavy atom. The molecule has 2 heterocycles. The molecular weight excluding hydrogens is 390 g/mol. The normalized spacial score (nSPS) is 13.6. The standard InChI is InChI=1S/C23H20ClNO2S/c24-13-15-5-1-2-6-16(15)14-26-18-9-10-20-17(11-18)12-21(27-20)23-25-19-7-3-4-8-22(19)28-23/h1-2,5-6,9-12H,3-4,7-8,13-14H2. The lowest BCUT2D eigenvalue weighted by atomic mass is 10.0. The fourth-order valence-corrected chi connectivity index (χ4v) is 5.03. The van der Waals surface area contributed by atoms with Crippen LogP contribution in [0, 0.1) is 0 Å². The predicted octanol–water partition coefficient (Wildman–Crippen LogP) is 6.75. The highest BCUT2D eigenvalue weighted by Gasteiger charge is 2.18. The molecule has 0 bridgehead atoms. The van der Waals surface area contributed by atoms with Crippen LogP contribution in [-0.2, 0) is 25.3 Å². The lowest BCUT2D eigenvalue weighted by Gasteiger charge is -2.09. The average Bonchev–Trinajstić information content (AvgIpc) is 3.35. The van der Waals surface area contributed by atoms with Crippen molar-refractivity contribution in [3.05, 3.63) is 70.2 Å². The summed E-state index contributed by atoms with van der Waals surface area (Å²) in [7, 11) is 0. The first-order valence-corrected chi connectivity index (χ1v) is 10.9. The van der Waals surface area contributed by atoms with Gasteiger partial charge in [0, 0.05) is 16.1 Å². The van der Waals surface area contributed by atoms with Gasteiger partial charge >= 0.3 is 0 Å². The summed E-state index contributed by atoms with van der Waals surface area (Å²) >= 11 is 7.79. The van der Waals surface area contributed by atoms with Crippen molar-refractivity contribution < 1.29 is 9.15 Å². The van der Waals surface area contributed by atoms with Crippen LogP contribution < -0.4 is 4.74 Å². The van der Waals surface area contributed by atoms with E-state index in [-0.39, 0.29) is 0 Å². The monoisotopic (exact) mass is 409 g/mol. The van der Waals surface area contributed by atoms with Gasteiger partial charge in [-0.3, -0.25) is 0 Å². The number of thiazole rings is 1. The van der Waals surface area contributed by atoms with Crippen LogP contribution in [0.1, 0.15) is 34.5 Å². The van der Waals surface area contributed by atoms with Gasteiger partial charge in [-0.2, -0.15) is 0 Å². The maximum absolute atomic E-state index is 6.06. The molecule has 0 unspecified atom stereocenters. The fraction of sp³-hybridized carbons (Fsp3) is 0.261. The second kappa shape index (κ2) is 7.61. The Kier molecular flexibility index (Phi) is 4.83. The molecule has 0 aliphatic heterocycles. The molecule has 5 heteroatoms. The van der Waals surface area contributed by atoms with Gasteiger partial charge in [0.05, 0.1) is 5.69 Å². The van der Waals surface area contributed by atoms with Gasteiger partial charge in [0.25, 0.3) is 0 Å². The van der Waals surface area contributed by atoms with Gasteiger partial charge < -0.3 is 9.15 Å². The summed E-state index contributed by atoms with van der Waals surface area (Å²) in [6, 6.07) is 16.1. The molecule has 0 N–H and O–H groups in total. The number of halogens is 1. The molecule has 1 aliphatic rings. The number of alkyl halides is 1. The van der Waals surface area contributed by atoms with Crippen molar-refractivity contribution in [3.8, 4) is 16.5 Å². The van der Waals surface area contributed by atoms with Crippen LogP contribution in [0.15, 0.2) is 52.9 Å². The highest BCUT2D eigenvalue weighted by Crippen LogP contribution is 2.36. The summed E-state index contributed by atoms with van der Waals surface area (Å²) < 4.78 is 12.1. The van der Waals surface area contributed by atoms with E-state index in [9.17, 15) is 0 Å². The lowest BCUT2D eigenvalue weighted by molar-refractivity contribution is 0.305. The third-order valence-corrected chi connectivity index (χ3v) is 6.66. The summed E-state index contributed by atoms with van der Waals surface area (Å²) in [4.78, 5) is 6.23. The van der Waals surface area contributed by atoms with E-state index < -0.39 is 0 Å². The summed E-state index contributed by atoms with van der Waals surface area (Å²) in [6.45, 7) is 0.498. The van der Waals surface area contributed by atoms with E-state index in [1.807, 2.05) is 36.4 Å². The van der Waals surface area contributed by atoms with Crippen molar-refractivity contribution in [1.29, 1.82) is 0 Å². The molecule has 2 aromatic carbocycles. The van der Waals surface area contributed by atoms with Crippen LogP contribution in [0.5, 0.6) is 5.75 Å². The Labute approximate surface area is 172 Å². The molecule has 1 aliphatic carbocycles. The topological polar surface area (TPSA) is 35.3 Å². The smallest absolute Gasteiger partial charge is 0.164 e. The third kappa shape index (κ3) is 3.43. The maximum Gasteiger partial charge on any atom is 0.164 e. The van der Waals surface area contributed by atoms with Crippen molar-refractivity contribution in [3.63, 3.8) is 0 Å². The molecule has 0 fully saturated rings. The molecule has 0 atom stereocenters. The Bertz CT molecular complexity index is 1110. The van der Waals surface area contributed by atoms with Gasteiger partial charge in [0.15, 0.2) is 10.8 Å². The van der Waals surface area contributed by atoms with Gasteiger partial charge in [-0.15, -0.1) is 22.9 Å². The summed E-state index contributed by atoms with van der Waals surface area (Å²) in [5.74, 6) is 2.16. The molecule has 0 spiro atoms. The first-order chi connectivity index (χ1) is 13.8. The summed E-state index contributed by atoms with van der Waals surface area (Å²) in [5, 5.41) is 2.02. The Morgan fingerprint density at radius 3 is 2.75 bits per heavy atom. The fourth-order valence-electron chi connectivity index (χ4n) is 3.66. The van der Waals surface area contributed by atoms with Crippen molar-refractivity contribution in [1.82, 2.24) is 4.98 Å². The minimum Gasteiger partial charge on any atom is -0.489 e. The van der Waals surface area contributed by atoms with Gasteiger partial charge in [-0.25, -0.2) is 4.98 Å². The first kappa shape index (κ1) is 17.8. The molecule has 28 heavy (non-hydrogen) atoms. The molecular formula is C23H20ClNO2S. The van der Waals surface area contributed by atoms with Crippen molar-refractivity contribution in [2.24, 2.45) is 0 Å². The number of ether oxygens (including phenoxy) is 1. The zero-order chi connectivity index (χ0) is 18.9. The van der Waals surface area contributed by atoms with E-state index in [0.717, 1.165) is 51.5 Å². The molecule has 2 aromatic heterocycles. The number of furan rings is 1.